The fourth-order valence-electron chi connectivity index (χ4n) is 5.63. The van der Waals surface area contributed by atoms with Crippen molar-refractivity contribution in [3.63, 3.8) is 0 Å². The number of aromatic nitrogens is 4. The summed E-state index contributed by atoms with van der Waals surface area (Å²) in [6.07, 6.45) is 2.80. The average molecular weight is 496 g/mol. The fourth-order valence-corrected chi connectivity index (χ4v) is 5.63. The van der Waals surface area contributed by atoms with Crippen LogP contribution in [0.15, 0.2) is 30.6 Å². The zero-order valence-corrected chi connectivity index (χ0v) is 20.0. The molecular formula is C25H33N7O4. The fraction of sp³-hybridized carbons (Fsp3) is 0.560. The van der Waals surface area contributed by atoms with Gasteiger partial charge in [-0.1, -0.05) is 31.0 Å². The zero-order valence-electron chi connectivity index (χ0n) is 20.0. The average Bonchev–Trinajstić information content (AvgIpc) is 3.68. The number of imidazole rings is 1. The first-order chi connectivity index (χ1) is 17.6. The molecule has 0 amide bonds. The van der Waals surface area contributed by atoms with Crippen LogP contribution in [0, 0.1) is 0 Å². The van der Waals surface area contributed by atoms with Gasteiger partial charge >= 0.3 is 0 Å². The normalized spacial score (nSPS) is 27.9. The Hall–Kier alpha value is -2.99. The lowest BCUT2D eigenvalue weighted by atomic mass is 9.98. The van der Waals surface area contributed by atoms with Gasteiger partial charge in [0.2, 0.25) is 5.95 Å². The summed E-state index contributed by atoms with van der Waals surface area (Å²) < 4.78 is 7.36. The molecule has 1 saturated carbocycles. The van der Waals surface area contributed by atoms with E-state index < -0.39 is 31.1 Å². The highest BCUT2D eigenvalue weighted by Gasteiger charge is 2.44. The van der Waals surface area contributed by atoms with Gasteiger partial charge in [0.05, 0.1) is 12.9 Å². The molecule has 192 valence electrons. The van der Waals surface area contributed by atoms with Crippen LogP contribution in [0.5, 0.6) is 0 Å². The van der Waals surface area contributed by atoms with Gasteiger partial charge in [0.25, 0.3) is 0 Å². The van der Waals surface area contributed by atoms with Crippen molar-refractivity contribution in [2.45, 2.75) is 68.6 Å². The summed E-state index contributed by atoms with van der Waals surface area (Å²) in [5.41, 5.74) is 3.61. The first kappa shape index (κ1) is 23.4. The number of anilines is 3. The van der Waals surface area contributed by atoms with E-state index in [1.165, 1.54) is 24.1 Å². The number of rotatable bonds is 8. The highest BCUT2D eigenvalue weighted by Crippen LogP contribution is 2.35. The molecule has 3 aliphatic rings. The lowest BCUT2D eigenvalue weighted by Gasteiger charge is -2.18. The zero-order chi connectivity index (χ0) is 24.6. The van der Waals surface area contributed by atoms with Crippen molar-refractivity contribution in [1.29, 1.82) is 0 Å². The van der Waals surface area contributed by atoms with E-state index in [1.807, 2.05) is 6.07 Å². The molecule has 4 heterocycles. The third-order valence-corrected chi connectivity index (χ3v) is 7.62. The Kier molecular flexibility index (Phi) is 6.38. The van der Waals surface area contributed by atoms with Gasteiger partial charge in [0.15, 0.2) is 23.2 Å². The number of aliphatic hydroxyl groups is 3. The summed E-state index contributed by atoms with van der Waals surface area (Å²) in [5.74, 6) is 1.53. The van der Waals surface area contributed by atoms with E-state index in [1.54, 1.807) is 10.9 Å². The highest BCUT2D eigenvalue weighted by atomic mass is 16.6. The third kappa shape index (κ3) is 4.26. The Labute approximate surface area is 208 Å². The molecule has 5 atom stereocenters. The SMILES string of the molecule is OC[C@H]1O[C@@H](n2cnc3c(NC4CCCC4)nc(NCCC4CNc5ccccc54)nc32)[C@H](O)[C@@H]1O. The van der Waals surface area contributed by atoms with Gasteiger partial charge in [0.1, 0.15) is 18.3 Å². The predicted octanol–water partition coefficient (Wildman–Crippen LogP) is 1.80. The summed E-state index contributed by atoms with van der Waals surface area (Å²) in [4.78, 5) is 14.0. The summed E-state index contributed by atoms with van der Waals surface area (Å²) in [6.45, 7) is 1.21. The van der Waals surface area contributed by atoms with Gasteiger partial charge < -0.3 is 36.0 Å². The van der Waals surface area contributed by atoms with Crippen LogP contribution >= 0.6 is 0 Å². The van der Waals surface area contributed by atoms with E-state index in [4.69, 9.17) is 14.7 Å². The van der Waals surface area contributed by atoms with Gasteiger partial charge in [-0.05, 0) is 30.9 Å². The van der Waals surface area contributed by atoms with Crippen molar-refractivity contribution in [2.24, 2.45) is 0 Å². The molecule has 1 aliphatic carbocycles. The predicted molar refractivity (Wildman–Crippen MR) is 135 cm³/mol. The second-order valence-corrected chi connectivity index (χ2v) is 9.95. The smallest absolute Gasteiger partial charge is 0.226 e. The van der Waals surface area contributed by atoms with Crippen LogP contribution in [0.1, 0.15) is 49.8 Å². The monoisotopic (exact) mass is 495 g/mol. The van der Waals surface area contributed by atoms with Gasteiger partial charge in [-0.3, -0.25) is 4.57 Å². The first-order valence-electron chi connectivity index (χ1n) is 12.8. The largest absolute Gasteiger partial charge is 0.394 e. The summed E-state index contributed by atoms with van der Waals surface area (Å²) in [5, 5.41) is 40.7. The molecule has 0 bridgehead atoms. The molecule has 0 radical (unpaired) electrons. The minimum Gasteiger partial charge on any atom is -0.394 e. The molecule has 11 nitrogen and oxygen atoms in total. The molecule has 1 aromatic carbocycles. The van der Waals surface area contributed by atoms with Crippen LogP contribution in [0.4, 0.5) is 17.5 Å². The molecule has 6 N–H and O–H groups in total. The molecule has 1 unspecified atom stereocenters. The Balaban J connectivity index is 1.26. The number of para-hydroxylation sites is 1. The first-order valence-corrected chi connectivity index (χ1v) is 12.8. The van der Waals surface area contributed by atoms with Crippen molar-refractivity contribution in [3.8, 4) is 0 Å². The van der Waals surface area contributed by atoms with E-state index in [0.717, 1.165) is 25.8 Å². The van der Waals surface area contributed by atoms with E-state index in [0.29, 0.717) is 41.4 Å². The molecule has 36 heavy (non-hydrogen) atoms. The van der Waals surface area contributed by atoms with E-state index in [9.17, 15) is 15.3 Å². The van der Waals surface area contributed by atoms with Crippen LogP contribution in [0.2, 0.25) is 0 Å². The molecule has 2 aromatic heterocycles. The molecule has 11 heteroatoms. The maximum absolute atomic E-state index is 10.6. The van der Waals surface area contributed by atoms with Crippen molar-refractivity contribution < 1.29 is 20.1 Å². The van der Waals surface area contributed by atoms with Crippen LogP contribution in [-0.2, 0) is 4.74 Å². The van der Waals surface area contributed by atoms with Crippen LogP contribution in [-0.4, -0.2) is 78.9 Å². The number of ether oxygens (including phenoxy) is 1. The number of benzene rings is 1. The molecule has 0 spiro atoms. The topological polar surface area (TPSA) is 150 Å². The summed E-state index contributed by atoms with van der Waals surface area (Å²) >= 11 is 0. The summed E-state index contributed by atoms with van der Waals surface area (Å²) in [7, 11) is 0. The number of hydrogen-bond acceptors (Lipinski definition) is 10. The summed E-state index contributed by atoms with van der Waals surface area (Å²) in [6, 6.07) is 8.73. The van der Waals surface area contributed by atoms with Gasteiger partial charge in [-0.2, -0.15) is 9.97 Å². The van der Waals surface area contributed by atoms with E-state index in [2.05, 4.69) is 39.1 Å². The van der Waals surface area contributed by atoms with E-state index in [-0.39, 0.29) is 0 Å². The molecule has 2 aliphatic heterocycles. The molecule has 2 fully saturated rings. The number of fused-ring (bicyclic) bond motifs is 2. The Morgan fingerprint density at radius 3 is 2.75 bits per heavy atom. The van der Waals surface area contributed by atoms with E-state index >= 15 is 0 Å². The van der Waals surface area contributed by atoms with Crippen LogP contribution < -0.4 is 16.0 Å². The minimum atomic E-state index is -1.22. The maximum atomic E-state index is 10.6. The number of nitrogens with one attached hydrogen (secondary N) is 3. The quantitative estimate of drug-likeness (QED) is 0.273. The van der Waals surface area contributed by atoms with Crippen LogP contribution in [0.3, 0.4) is 0 Å². The molecular weight excluding hydrogens is 462 g/mol. The van der Waals surface area contributed by atoms with Crippen molar-refractivity contribution >= 4 is 28.6 Å². The minimum absolute atomic E-state index is 0.330. The number of hydrogen-bond donors (Lipinski definition) is 6. The third-order valence-electron chi connectivity index (χ3n) is 7.62. The Morgan fingerprint density at radius 2 is 1.94 bits per heavy atom. The second kappa shape index (κ2) is 9.81. The number of aliphatic hydroxyl groups excluding tert-OH is 3. The molecule has 3 aromatic rings. The van der Waals surface area contributed by atoms with Crippen molar-refractivity contribution in [2.75, 3.05) is 35.6 Å². The lowest BCUT2D eigenvalue weighted by Crippen LogP contribution is -2.33. The Morgan fingerprint density at radius 1 is 1.11 bits per heavy atom. The van der Waals surface area contributed by atoms with Gasteiger partial charge in [-0.25, -0.2) is 4.98 Å². The standard InChI is InChI=1S/C25H33N7O4/c33-12-18-20(34)21(35)24(36-18)32-13-28-19-22(29-15-5-1-2-6-15)30-25(31-23(19)32)26-10-9-14-11-27-17-8-4-3-7-16(14)17/h3-4,7-8,13-15,18,20-21,24,27,33-35H,1-2,5-6,9-12H2,(H2,26,29,30,31)/t14?,18-,20-,21-,24-/m1/s1. The highest BCUT2D eigenvalue weighted by molar-refractivity contribution is 5.84. The lowest BCUT2D eigenvalue weighted by molar-refractivity contribution is -0.0511. The number of nitrogens with zero attached hydrogens (tertiary/aromatic N) is 4. The van der Waals surface area contributed by atoms with Crippen LogP contribution in [0.25, 0.3) is 11.2 Å². The molecule has 1 saturated heterocycles. The second-order valence-electron chi connectivity index (χ2n) is 9.95. The Bertz CT molecular complexity index is 1210. The molecule has 6 rings (SSSR count). The maximum Gasteiger partial charge on any atom is 0.226 e. The van der Waals surface area contributed by atoms with Gasteiger partial charge in [0, 0.05) is 30.7 Å². The van der Waals surface area contributed by atoms with Crippen molar-refractivity contribution in [1.82, 2.24) is 19.5 Å². The van der Waals surface area contributed by atoms with Gasteiger partial charge in [-0.15, -0.1) is 0 Å². The van der Waals surface area contributed by atoms with Crippen molar-refractivity contribution in [3.05, 3.63) is 36.2 Å².